The van der Waals surface area contributed by atoms with E-state index in [1.807, 2.05) is 31.2 Å². The Balaban J connectivity index is 1.79. The van der Waals surface area contributed by atoms with Gasteiger partial charge in [-0.05, 0) is 42.3 Å². The number of methoxy groups -OCH3 is 1. The number of hydrogen-bond donors (Lipinski definition) is 1. The van der Waals surface area contributed by atoms with E-state index in [9.17, 15) is 9.59 Å². The lowest BCUT2D eigenvalue weighted by atomic mass is 10.1. The fourth-order valence-corrected chi connectivity index (χ4v) is 2.03. The molecular weight excluding hydrogens is 294 g/mol. The quantitative estimate of drug-likeness (QED) is 0.833. The van der Waals surface area contributed by atoms with Crippen molar-refractivity contribution in [2.75, 3.05) is 19.0 Å². The smallest absolute Gasteiger partial charge is 0.310 e. The second kappa shape index (κ2) is 7.98. The highest BCUT2D eigenvalue weighted by Crippen LogP contribution is 2.14. The van der Waals surface area contributed by atoms with Crippen molar-refractivity contribution in [2.24, 2.45) is 0 Å². The highest BCUT2D eigenvalue weighted by atomic mass is 16.5. The maximum atomic E-state index is 11.8. The number of anilines is 1. The van der Waals surface area contributed by atoms with E-state index in [0.29, 0.717) is 11.4 Å². The summed E-state index contributed by atoms with van der Waals surface area (Å²) in [5.41, 5.74) is 2.53. The SMILES string of the molecule is COc1ccc(NC(=O)COC(=O)Cc2ccccc2C)cc1. The summed E-state index contributed by atoms with van der Waals surface area (Å²) in [7, 11) is 1.57. The van der Waals surface area contributed by atoms with Gasteiger partial charge in [-0.3, -0.25) is 9.59 Å². The minimum absolute atomic E-state index is 0.155. The van der Waals surface area contributed by atoms with Gasteiger partial charge < -0.3 is 14.8 Å². The average molecular weight is 313 g/mol. The summed E-state index contributed by atoms with van der Waals surface area (Å²) < 4.78 is 10.0. The predicted molar refractivity (Wildman–Crippen MR) is 87.5 cm³/mol. The first-order valence-corrected chi connectivity index (χ1v) is 7.22. The van der Waals surface area contributed by atoms with Gasteiger partial charge in [-0.1, -0.05) is 24.3 Å². The van der Waals surface area contributed by atoms with Gasteiger partial charge >= 0.3 is 5.97 Å². The standard InChI is InChI=1S/C18H19NO4/c1-13-5-3-4-6-14(13)11-18(21)23-12-17(20)19-15-7-9-16(22-2)10-8-15/h3-10H,11-12H2,1-2H3,(H,19,20). The highest BCUT2D eigenvalue weighted by molar-refractivity contribution is 5.92. The van der Waals surface area contributed by atoms with Gasteiger partial charge in [0.15, 0.2) is 6.61 Å². The number of hydrogen-bond acceptors (Lipinski definition) is 4. The Kier molecular flexibility index (Phi) is 5.74. The topological polar surface area (TPSA) is 64.6 Å². The molecule has 1 N–H and O–H groups in total. The van der Waals surface area contributed by atoms with E-state index in [2.05, 4.69) is 5.32 Å². The Morgan fingerprint density at radius 2 is 1.74 bits per heavy atom. The Bertz CT molecular complexity index is 680. The summed E-state index contributed by atoms with van der Waals surface area (Å²) in [6.45, 7) is 1.62. The molecule has 5 heteroatoms. The van der Waals surface area contributed by atoms with E-state index >= 15 is 0 Å². The zero-order valence-corrected chi connectivity index (χ0v) is 13.2. The lowest BCUT2D eigenvalue weighted by molar-refractivity contribution is -0.146. The molecule has 2 aromatic carbocycles. The van der Waals surface area contributed by atoms with Crippen molar-refractivity contribution in [1.82, 2.24) is 0 Å². The molecule has 2 aromatic rings. The molecule has 0 saturated carbocycles. The normalized spacial score (nSPS) is 10.0. The highest BCUT2D eigenvalue weighted by Gasteiger charge is 2.10. The molecule has 120 valence electrons. The van der Waals surface area contributed by atoms with Gasteiger partial charge in [-0.2, -0.15) is 0 Å². The van der Waals surface area contributed by atoms with Crippen molar-refractivity contribution >= 4 is 17.6 Å². The summed E-state index contributed by atoms with van der Waals surface area (Å²) in [6, 6.07) is 14.5. The van der Waals surface area contributed by atoms with Crippen molar-refractivity contribution in [3.8, 4) is 5.75 Å². The first-order valence-electron chi connectivity index (χ1n) is 7.22. The predicted octanol–water partition coefficient (Wildman–Crippen LogP) is 2.73. The maximum absolute atomic E-state index is 11.8. The van der Waals surface area contributed by atoms with E-state index in [4.69, 9.17) is 9.47 Å². The molecule has 0 bridgehead atoms. The summed E-state index contributed by atoms with van der Waals surface area (Å²) in [5, 5.41) is 2.65. The molecule has 0 fully saturated rings. The number of carbonyl (C=O) groups is 2. The number of esters is 1. The molecule has 0 radical (unpaired) electrons. The fraction of sp³-hybridized carbons (Fsp3) is 0.222. The minimum Gasteiger partial charge on any atom is -0.497 e. The van der Waals surface area contributed by atoms with Gasteiger partial charge in [0.2, 0.25) is 0 Å². The number of rotatable bonds is 6. The molecule has 1 amide bonds. The zero-order chi connectivity index (χ0) is 16.7. The molecule has 0 unspecified atom stereocenters. The first kappa shape index (κ1) is 16.5. The van der Waals surface area contributed by atoms with Crippen LogP contribution in [0, 0.1) is 6.92 Å². The van der Waals surface area contributed by atoms with Crippen LogP contribution in [0.4, 0.5) is 5.69 Å². The fourth-order valence-electron chi connectivity index (χ4n) is 2.03. The van der Waals surface area contributed by atoms with E-state index in [1.165, 1.54) is 0 Å². The van der Waals surface area contributed by atoms with Gasteiger partial charge in [0.25, 0.3) is 5.91 Å². The Labute approximate surface area is 135 Å². The van der Waals surface area contributed by atoms with Crippen LogP contribution in [0.3, 0.4) is 0 Å². The van der Waals surface area contributed by atoms with Crippen molar-refractivity contribution in [3.63, 3.8) is 0 Å². The van der Waals surface area contributed by atoms with Crippen molar-refractivity contribution < 1.29 is 19.1 Å². The Morgan fingerprint density at radius 1 is 1.04 bits per heavy atom. The summed E-state index contributed by atoms with van der Waals surface area (Å²) >= 11 is 0. The van der Waals surface area contributed by atoms with E-state index < -0.39 is 5.97 Å². The molecule has 5 nitrogen and oxygen atoms in total. The molecule has 0 spiro atoms. The summed E-state index contributed by atoms with van der Waals surface area (Å²) in [6.07, 6.45) is 0.155. The molecule has 0 atom stereocenters. The third-order valence-electron chi connectivity index (χ3n) is 3.33. The number of amides is 1. The Morgan fingerprint density at radius 3 is 2.39 bits per heavy atom. The third kappa shape index (κ3) is 5.14. The number of aryl methyl sites for hydroxylation is 1. The van der Waals surface area contributed by atoms with Crippen molar-refractivity contribution in [3.05, 3.63) is 59.7 Å². The number of carbonyl (C=O) groups excluding carboxylic acids is 2. The monoisotopic (exact) mass is 313 g/mol. The summed E-state index contributed by atoms with van der Waals surface area (Å²) in [4.78, 5) is 23.6. The van der Waals surface area contributed by atoms with Gasteiger partial charge in [0, 0.05) is 5.69 Å². The van der Waals surface area contributed by atoms with Crippen molar-refractivity contribution in [2.45, 2.75) is 13.3 Å². The molecule has 0 heterocycles. The van der Waals surface area contributed by atoms with E-state index in [0.717, 1.165) is 11.1 Å². The minimum atomic E-state index is -0.427. The lowest BCUT2D eigenvalue weighted by Crippen LogP contribution is -2.21. The van der Waals surface area contributed by atoms with Crippen LogP contribution in [-0.4, -0.2) is 25.6 Å². The molecule has 2 rings (SSSR count). The van der Waals surface area contributed by atoms with Crippen LogP contribution in [0.1, 0.15) is 11.1 Å². The van der Waals surface area contributed by atoms with Crippen LogP contribution in [0.5, 0.6) is 5.75 Å². The third-order valence-corrected chi connectivity index (χ3v) is 3.33. The van der Waals surface area contributed by atoms with Crippen LogP contribution in [0.2, 0.25) is 0 Å². The zero-order valence-electron chi connectivity index (χ0n) is 13.2. The number of benzene rings is 2. The van der Waals surface area contributed by atoms with Crippen LogP contribution in [-0.2, 0) is 20.7 Å². The average Bonchev–Trinajstić information content (AvgIpc) is 2.56. The molecular formula is C18H19NO4. The largest absolute Gasteiger partial charge is 0.497 e. The van der Waals surface area contributed by atoms with Crippen LogP contribution < -0.4 is 10.1 Å². The van der Waals surface area contributed by atoms with E-state index in [1.54, 1.807) is 31.4 Å². The lowest BCUT2D eigenvalue weighted by Gasteiger charge is -2.08. The van der Waals surface area contributed by atoms with Gasteiger partial charge in [-0.25, -0.2) is 0 Å². The van der Waals surface area contributed by atoms with Crippen LogP contribution in [0.15, 0.2) is 48.5 Å². The maximum Gasteiger partial charge on any atom is 0.310 e. The number of ether oxygens (including phenoxy) is 2. The van der Waals surface area contributed by atoms with E-state index in [-0.39, 0.29) is 18.9 Å². The molecule has 0 aliphatic heterocycles. The molecule has 0 aliphatic carbocycles. The second-order valence-electron chi connectivity index (χ2n) is 5.04. The molecule has 23 heavy (non-hydrogen) atoms. The molecule has 0 aromatic heterocycles. The second-order valence-corrected chi connectivity index (χ2v) is 5.04. The van der Waals surface area contributed by atoms with Gasteiger partial charge in [-0.15, -0.1) is 0 Å². The van der Waals surface area contributed by atoms with Crippen LogP contribution in [0.25, 0.3) is 0 Å². The van der Waals surface area contributed by atoms with Crippen molar-refractivity contribution in [1.29, 1.82) is 0 Å². The number of nitrogens with one attached hydrogen (secondary N) is 1. The summed E-state index contributed by atoms with van der Waals surface area (Å²) in [5.74, 6) is -0.106. The molecule has 0 saturated heterocycles. The molecule has 0 aliphatic rings. The Hall–Kier alpha value is -2.82. The first-order chi connectivity index (χ1) is 11.1. The van der Waals surface area contributed by atoms with Crippen LogP contribution >= 0.6 is 0 Å². The van der Waals surface area contributed by atoms with Gasteiger partial charge in [0.05, 0.1) is 13.5 Å². The van der Waals surface area contributed by atoms with Gasteiger partial charge in [0.1, 0.15) is 5.75 Å².